The van der Waals surface area contributed by atoms with Crippen LogP contribution in [0.1, 0.15) is 26.2 Å². The van der Waals surface area contributed by atoms with Gasteiger partial charge in [0.1, 0.15) is 0 Å². The van der Waals surface area contributed by atoms with E-state index in [-0.39, 0.29) is 34.1 Å². The zero-order valence-electron chi connectivity index (χ0n) is 12.4. The summed E-state index contributed by atoms with van der Waals surface area (Å²) in [5.74, 6) is 0.626. The van der Waals surface area contributed by atoms with Gasteiger partial charge in [-0.15, -0.1) is 12.4 Å². The van der Waals surface area contributed by atoms with Crippen molar-refractivity contribution in [2.45, 2.75) is 26.2 Å². The van der Waals surface area contributed by atoms with Gasteiger partial charge >= 0.3 is 0 Å². The van der Waals surface area contributed by atoms with Crippen molar-refractivity contribution in [2.24, 2.45) is 11.8 Å². The Hall–Kier alpha value is -0.680. The summed E-state index contributed by atoms with van der Waals surface area (Å²) in [5.41, 5.74) is 0.502. The zero-order valence-corrected chi connectivity index (χ0v) is 14.7. The molecule has 0 radical (unpaired) electrons. The van der Waals surface area contributed by atoms with Gasteiger partial charge in [-0.1, -0.05) is 30.1 Å². The number of rotatable bonds is 4. The van der Waals surface area contributed by atoms with Gasteiger partial charge in [-0.2, -0.15) is 0 Å². The molecule has 0 aliphatic carbocycles. The van der Waals surface area contributed by atoms with E-state index in [0.717, 1.165) is 19.5 Å². The number of carbonyl (C=O) groups is 1. The predicted octanol–water partition coefficient (Wildman–Crippen LogP) is 4.09. The Labute approximate surface area is 147 Å². The molecule has 7 heteroatoms. The van der Waals surface area contributed by atoms with Gasteiger partial charge in [-0.05, 0) is 49.9 Å². The van der Waals surface area contributed by atoms with Gasteiger partial charge in [0.05, 0.1) is 10.0 Å². The van der Waals surface area contributed by atoms with Crippen LogP contribution in [0.15, 0.2) is 12.1 Å². The third-order valence-corrected chi connectivity index (χ3v) is 4.52. The van der Waals surface area contributed by atoms with Crippen LogP contribution in [-0.2, 0) is 4.79 Å². The van der Waals surface area contributed by atoms with Crippen molar-refractivity contribution >= 4 is 47.2 Å². The van der Waals surface area contributed by atoms with Crippen LogP contribution in [0.25, 0.3) is 0 Å². The maximum atomic E-state index is 12.1. The molecule has 2 rings (SSSR count). The molecule has 0 saturated carbocycles. The monoisotopic (exact) mass is 366 g/mol. The van der Waals surface area contributed by atoms with E-state index in [4.69, 9.17) is 23.2 Å². The van der Waals surface area contributed by atoms with Crippen LogP contribution >= 0.6 is 35.6 Å². The number of phenols is 1. The Morgan fingerprint density at radius 2 is 2.09 bits per heavy atom. The second kappa shape index (κ2) is 8.82. The Kier molecular flexibility index (Phi) is 7.77. The minimum absolute atomic E-state index is 0. The SMILES string of the molecule is CC(CC(=O)Nc1cc(Cl)c(O)c(Cl)c1)C1CCCNC1.Cl. The Bertz CT molecular complexity index is 497. The van der Waals surface area contributed by atoms with E-state index in [0.29, 0.717) is 23.9 Å². The van der Waals surface area contributed by atoms with Gasteiger partial charge in [0, 0.05) is 12.1 Å². The fraction of sp³-hybridized carbons (Fsp3) is 0.533. The maximum Gasteiger partial charge on any atom is 0.224 e. The first-order valence-electron chi connectivity index (χ1n) is 7.16. The van der Waals surface area contributed by atoms with Gasteiger partial charge in [0.2, 0.25) is 5.91 Å². The van der Waals surface area contributed by atoms with Crippen molar-refractivity contribution in [1.82, 2.24) is 5.32 Å². The lowest BCUT2D eigenvalue weighted by Crippen LogP contribution is -2.34. The second-order valence-corrected chi connectivity index (χ2v) is 6.44. The van der Waals surface area contributed by atoms with Crippen LogP contribution in [0, 0.1) is 11.8 Å². The zero-order chi connectivity index (χ0) is 15.4. The lowest BCUT2D eigenvalue weighted by molar-refractivity contribution is -0.117. The number of piperidine rings is 1. The second-order valence-electron chi connectivity index (χ2n) is 5.62. The lowest BCUT2D eigenvalue weighted by atomic mass is 9.85. The fourth-order valence-electron chi connectivity index (χ4n) is 2.67. The third-order valence-electron chi connectivity index (χ3n) is 3.95. The molecule has 1 heterocycles. The molecule has 1 aliphatic rings. The Morgan fingerprint density at radius 1 is 1.45 bits per heavy atom. The van der Waals surface area contributed by atoms with E-state index in [2.05, 4.69) is 17.6 Å². The molecule has 0 bridgehead atoms. The van der Waals surface area contributed by atoms with Crippen LogP contribution < -0.4 is 10.6 Å². The van der Waals surface area contributed by atoms with Crippen molar-refractivity contribution in [3.63, 3.8) is 0 Å². The number of hydrogen-bond donors (Lipinski definition) is 3. The molecular weight excluding hydrogens is 347 g/mol. The maximum absolute atomic E-state index is 12.1. The van der Waals surface area contributed by atoms with E-state index >= 15 is 0 Å². The van der Waals surface area contributed by atoms with Gasteiger partial charge in [-0.3, -0.25) is 4.79 Å². The molecular formula is C15H21Cl3N2O2. The van der Waals surface area contributed by atoms with E-state index in [1.165, 1.54) is 18.6 Å². The number of benzene rings is 1. The predicted molar refractivity (Wildman–Crippen MR) is 93.4 cm³/mol. The molecule has 1 fully saturated rings. The molecule has 0 spiro atoms. The van der Waals surface area contributed by atoms with Crippen LogP contribution in [0.4, 0.5) is 5.69 Å². The number of hydrogen-bond acceptors (Lipinski definition) is 3. The van der Waals surface area contributed by atoms with Gasteiger partial charge in [-0.25, -0.2) is 0 Å². The van der Waals surface area contributed by atoms with Crippen LogP contribution in [0.2, 0.25) is 10.0 Å². The molecule has 1 saturated heterocycles. The van der Waals surface area contributed by atoms with Crippen LogP contribution in [0.5, 0.6) is 5.75 Å². The van der Waals surface area contributed by atoms with Crippen molar-refractivity contribution in [1.29, 1.82) is 0 Å². The highest BCUT2D eigenvalue weighted by atomic mass is 35.5. The summed E-state index contributed by atoms with van der Waals surface area (Å²) in [6.07, 6.45) is 2.79. The standard InChI is InChI=1S/C15H20Cl2N2O2.ClH/c1-9(10-3-2-4-18-8-10)5-14(20)19-11-6-12(16)15(21)13(17)7-11;/h6-7,9-10,18,21H,2-5,8H2,1H3,(H,19,20);1H. The third kappa shape index (κ3) is 5.20. The average Bonchev–Trinajstić information content (AvgIpc) is 2.45. The van der Waals surface area contributed by atoms with Crippen molar-refractivity contribution in [2.75, 3.05) is 18.4 Å². The highest BCUT2D eigenvalue weighted by molar-refractivity contribution is 6.37. The minimum Gasteiger partial charge on any atom is -0.505 e. The van der Waals surface area contributed by atoms with Crippen molar-refractivity contribution in [3.8, 4) is 5.75 Å². The number of phenolic OH excluding ortho intramolecular Hbond substituents is 1. The highest BCUT2D eigenvalue weighted by Crippen LogP contribution is 2.34. The fourth-order valence-corrected chi connectivity index (χ4v) is 3.16. The largest absolute Gasteiger partial charge is 0.505 e. The molecule has 0 aromatic heterocycles. The van der Waals surface area contributed by atoms with E-state index in [9.17, 15) is 9.90 Å². The van der Waals surface area contributed by atoms with E-state index in [1.54, 1.807) is 0 Å². The lowest BCUT2D eigenvalue weighted by Gasteiger charge is -2.28. The molecule has 124 valence electrons. The molecule has 22 heavy (non-hydrogen) atoms. The average molecular weight is 368 g/mol. The Morgan fingerprint density at radius 3 is 2.64 bits per heavy atom. The first-order chi connectivity index (χ1) is 9.97. The molecule has 2 unspecified atom stereocenters. The first kappa shape index (κ1) is 19.4. The highest BCUT2D eigenvalue weighted by Gasteiger charge is 2.22. The summed E-state index contributed by atoms with van der Waals surface area (Å²) in [4.78, 5) is 12.1. The molecule has 1 aromatic carbocycles. The van der Waals surface area contributed by atoms with Crippen molar-refractivity contribution < 1.29 is 9.90 Å². The topological polar surface area (TPSA) is 61.4 Å². The number of amides is 1. The molecule has 4 nitrogen and oxygen atoms in total. The van der Waals surface area contributed by atoms with Crippen LogP contribution in [0.3, 0.4) is 0 Å². The summed E-state index contributed by atoms with van der Waals surface area (Å²) in [6.45, 7) is 4.15. The van der Waals surface area contributed by atoms with E-state index < -0.39 is 0 Å². The molecule has 3 N–H and O–H groups in total. The summed E-state index contributed by atoms with van der Waals surface area (Å²) < 4.78 is 0. The number of anilines is 1. The number of halogens is 3. The molecule has 1 aromatic rings. The number of carbonyl (C=O) groups excluding carboxylic acids is 1. The van der Waals surface area contributed by atoms with Gasteiger partial charge in [0.25, 0.3) is 0 Å². The van der Waals surface area contributed by atoms with Gasteiger partial charge in [0.15, 0.2) is 5.75 Å². The van der Waals surface area contributed by atoms with Crippen molar-refractivity contribution in [3.05, 3.63) is 22.2 Å². The smallest absolute Gasteiger partial charge is 0.224 e. The van der Waals surface area contributed by atoms with Crippen LogP contribution in [-0.4, -0.2) is 24.1 Å². The molecule has 1 amide bonds. The number of aromatic hydroxyl groups is 1. The summed E-state index contributed by atoms with van der Waals surface area (Å²) >= 11 is 11.7. The normalized spacial score (nSPS) is 19.1. The summed E-state index contributed by atoms with van der Waals surface area (Å²) in [5, 5.41) is 15.9. The quantitative estimate of drug-likeness (QED) is 0.703. The summed E-state index contributed by atoms with van der Waals surface area (Å²) in [7, 11) is 0. The van der Waals surface area contributed by atoms with E-state index in [1.807, 2.05) is 0 Å². The molecule has 1 aliphatic heterocycles. The minimum atomic E-state index is -0.169. The number of nitrogens with one attached hydrogen (secondary N) is 2. The first-order valence-corrected chi connectivity index (χ1v) is 7.91. The summed E-state index contributed by atoms with van der Waals surface area (Å²) in [6, 6.07) is 2.99. The Balaban J connectivity index is 0.00000242. The van der Waals surface area contributed by atoms with Gasteiger partial charge < -0.3 is 15.7 Å². The molecule has 2 atom stereocenters.